The third-order valence-electron chi connectivity index (χ3n) is 3.91. The van der Waals surface area contributed by atoms with E-state index in [-0.39, 0.29) is 0 Å². The van der Waals surface area contributed by atoms with E-state index in [0.717, 1.165) is 24.7 Å². The third kappa shape index (κ3) is 3.69. The molecule has 102 valence electrons. The van der Waals surface area contributed by atoms with Crippen molar-refractivity contribution in [3.8, 4) is 0 Å². The van der Waals surface area contributed by atoms with Crippen molar-refractivity contribution >= 4 is 6.21 Å². The van der Waals surface area contributed by atoms with Gasteiger partial charge < -0.3 is 10.5 Å². The molecule has 0 radical (unpaired) electrons. The summed E-state index contributed by atoms with van der Waals surface area (Å²) in [5.41, 5.74) is 3.26. The van der Waals surface area contributed by atoms with Crippen LogP contribution >= 0.6 is 0 Å². The molecule has 0 aliphatic heterocycles. The average Bonchev–Trinajstić information content (AvgIpc) is 3.12. The number of benzene rings is 1. The summed E-state index contributed by atoms with van der Waals surface area (Å²) in [6, 6.07) is 8.90. The van der Waals surface area contributed by atoms with Crippen molar-refractivity contribution in [2.24, 2.45) is 5.92 Å². The zero-order chi connectivity index (χ0) is 13.7. The number of allylic oxidation sites excluding steroid dienone is 2. The topological polar surface area (TPSA) is 44.1 Å². The molecule has 2 aliphatic rings. The van der Waals surface area contributed by atoms with E-state index < -0.39 is 0 Å². The molecule has 0 heterocycles. The highest BCUT2D eigenvalue weighted by atomic mass is 16.3. The lowest BCUT2D eigenvalue weighted by molar-refractivity contribution is 0.392. The Morgan fingerprint density at radius 3 is 2.84 bits per heavy atom. The predicted molar refractivity (Wildman–Crippen MR) is 80.0 cm³/mol. The van der Waals surface area contributed by atoms with Crippen LogP contribution in [0.2, 0.25) is 0 Å². The minimum Gasteiger partial charge on any atom is -0.513 e. The van der Waals surface area contributed by atoms with Gasteiger partial charge in [-0.2, -0.15) is 0 Å². The van der Waals surface area contributed by atoms with E-state index in [1.54, 1.807) is 17.2 Å². The van der Waals surface area contributed by atoms with Crippen molar-refractivity contribution in [2.45, 2.75) is 44.9 Å². The molecule has 1 fully saturated rings. The molecule has 0 spiro atoms. The molecule has 19 heavy (non-hydrogen) atoms. The van der Waals surface area contributed by atoms with Crippen LogP contribution < -0.4 is 0 Å². The Balaban J connectivity index is 0.000000142. The third-order valence-corrected chi connectivity index (χ3v) is 3.91. The van der Waals surface area contributed by atoms with Crippen LogP contribution in [0.5, 0.6) is 0 Å². The first-order chi connectivity index (χ1) is 9.26. The molecule has 2 N–H and O–H groups in total. The number of hydrogen-bond donors (Lipinski definition) is 2. The summed E-state index contributed by atoms with van der Waals surface area (Å²) in [5, 5.41) is 15.5. The quantitative estimate of drug-likeness (QED) is 0.461. The lowest BCUT2D eigenvalue weighted by Crippen LogP contribution is -1.83. The summed E-state index contributed by atoms with van der Waals surface area (Å²) < 4.78 is 0. The van der Waals surface area contributed by atoms with Gasteiger partial charge in [0.15, 0.2) is 0 Å². The number of aliphatic hydroxyl groups is 1. The molecule has 0 bridgehead atoms. The molecule has 0 amide bonds. The number of rotatable bonds is 4. The summed E-state index contributed by atoms with van der Waals surface area (Å²) in [5.74, 6) is 2.44. The number of aliphatic hydroxyl groups excluding tert-OH is 1. The van der Waals surface area contributed by atoms with Gasteiger partial charge in [0.25, 0.3) is 0 Å². The predicted octanol–water partition coefficient (Wildman–Crippen LogP) is 4.61. The highest BCUT2D eigenvalue weighted by molar-refractivity contribution is 5.52. The summed E-state index contributed by atoms with van der Waals surface area (Å²) in [6.07, 6.45) is 8.13. The van der Waals surface area contributed by atoms with E-state index in [9.17, 15) is 0 Å². The Morgan fingerprint density at radius 2 is 2.16 bits per heavy atom. The van der Waals surface area contributed by atoms with Gasteiger partial charge in [-0.15, -0.1) is 0 Å². The van der Waals surface area contributed by atoms with Gasteiger partial charge in [-0.3, -0.25) is 0 Å². The molecule has 0 aromatic heterocycles. The molecule has 2 aliphatic carbocycles. The molecule has 0 saturated heterocycles. The van der Waals surface area contributed by atoms with Crippen LogP contribution in [0.25, 0.3) is 0 Å². The van der Waals surface area contributed by atoms with E-state index in [2.05, 4.69) is 24.3 Å². The summed E-state index contributed by atoms with van der Waals surface area (Å²) in [7, 11) is 0. The minimum atomic E-state index is 0.428. The Bertz CT molecular complexity index is 464. The highest BCUT2D eigenvalue weighted by Gasteiger charge is 2.44. The first kappa shape index (κ1) is 13.9. The Kier molecular flexibility index (Phi) is 4.78. The maximum Gasteiger partial charge on any atom is 0.0880 e. The normalized spacial score (nSPS) is 22.9. The van der Waals surface area contributed by atoms with Crippen molar-refractivity contribution in [3.05, 3.63) is 47.2 Å². The Hall–Kier alpha value is -1.57. The van der Waals surface area contributed by atoms with Gasteiger partial charge in [-0.05, 0) is 60.9 Å². The first-order valence-corrected chi connectivity index (χ1v) is 7.21. The molecule has 1 aromatic rings. The fraction of sp³-hybridized carbons (Fsp3) is 0.471. The van der Waals surface area contributed by atoms with Gasteiger partial charge in [-0.1, -0.05) is 31.2 Å². The van der Waals surface area contributed by atoms with E-state index >= 15 is 0 Å². The molecular weight excluding hydrogens is 234 g/mol. The Labute approximate surface area is 115 Å². The maximum absolute atomic E-state index is 8.87. The lowest BCUT2D eigenvalue weighted by atomic mass is 10.1. The molecule has 1 saturated carbocycles. The number of nitrogens with one attached hydrogen (secondary N) is 1. The van der Waals surface area contributed by atoms with Crippen LogP contribution in [0.4, 0.5) is 0 Å². The van der Waals surface area contributed by atoms with Crippen LogP contribution in [0, 0.1) is 11.3 Å². The largest absolute Gasteiger partial charge is 0.513 e. The average molecular weight is 257 g/mol. The SMILES string of the molecule is CC/C(O)=C\CCC=N.c1ccc2c(c1)C[C@@H]1C[C@H]21. The minimum absolute atomic E-state index is 0.428. The summed E-state index contributed by atoms with van der Waals surface area (Å²) in [6.45, 7) is 1.90. The van der Waals surface area contributed by atoms with Crippen LogP contribution in [0.3, 0.4) is 0 Å². The van der Waals surface area contributed by atoms with E-state index in [1.807, 2.05) is 6.92 Å². The van der Waals surface area contributed by atoms with Crippen LogP contribution in [0.15, 0.2) is 36.1 Å². The van der Waals surface area contributed by atoms with Crippen molar-refractivity contribution in [1.29, 1.82) is 5.41 Å². The van der Waals surface area contributed by atoms with Crippen molar-refractivity contribution in [2.75, 3.05) is 0 Å². The second kappa shape index (κ2) is 6.55. The van der Waals surface area contributed by atoms with E-state index in [1.165, 1.54) is 19.1 Å². The monoisotopic (exact) mass is 257 g/mol. The van der Waals surface area contributed by atoms with Gasteiger partial charge >= 0.3 is 0 Å². The maximum atomic E-state index is 8.87. The van der Waals surface area contributed by atoms with Crippen LogP contribution in [0.1, 0.15) is 49.7 Å². The Morgan fingerprint density at radius 1 is 1.37 bits per heavy atom. The molecule has 0 unspecified atom stereocenters. The van der Waals surface area contributed by atoms with Crippen molar-refractivity contribution in [3.63, 3.8) is 0 Å². The smallest absolute Gasteiger partial charge is 0.0880 e. The summed E-state index contributed by atoms with van der Waals surface area (Å²) >= 11 is 0. The number of unbranched alkanes of at least 4 members (excludes halogenated alkanes) is 1. The van der Waals surface area contributed by atoms with E-state index in [4.69, 9.17) is 10.5 Å². The van der Waals surface area contributed by atoms with Gasteiger partial charge in [-0.25, -0.2) is 0 Å². The molecule has 2 nitrogen and oxygen atoms in total. The van der Waals surface area contributed by atoms with Gasteiger partial charge in [0, 0.05) is 6.42 Å². The first-order valence-electron chi connectivity index (χ1n) is 7.21. The van der Waals surface area contributed by atoms with Crippen LogP contribution in [-0.4, -0.2) is 11.3 Å². The molecule has 2 heteroatoms. The fourth-order valence-corrected chi connectivity index (χ4v) is 2.70. The van der Waals surface area contributed by atoms with Crippen molar-refractivity contribution in [1.82, 2.24) is 0 Å². The van der Waals surface area contributed by atoms with Crippen LogP contribution in [-0.2, 0) is 6.42 Å². The van der Waals surface area contributed by atoms with Gasteiger partial charge in [0.2, 0.25) is 0 Å². The molecule has 1 aromatic carbocycles. The highest BCUT2D eigenvalue weighted by Crippen LogP contribution is 2.55. The second-order valence-corrected chi connectivity index (χ2v) is 5.34. The van der Waals surface area contributed by atoms with Gasteiger partial charge in [0.1, 0.15) is 0 Å². The van der Waals surface area contributed by atoms with Gasteiger partial charge in [0.05, 0.1) is 5.76 Å². The number of hydrogen-bond acceptors (Lipinski definition) is 2. The number of fused-ring (bicyclic) bond motifs is 3. The second-order valence-electron chi connectivity index (χ2n) is 5.34. The molecular formula is C17H23NO. The molecule has 2 atom stereocenters. The van der Waals surface area contributed by atoms with Crippen molar-refractivity contribution < 1.29 is 5.11 Å². The zero-order valence-corrected chi connectivity index (χ0v) is 11.6. The fourth-order valence-electron chi connectivity index (χ4n) is 2.70. The van der Waals surface area contributed by atoms with E-state index in [0.29, 0.717) is 12.2 Å². The zero-order valence-electron chi connectivity index (χ0n) is 11.6. The lowest BCUT2D eigenvalue weighted by Gasteiger charge is -1.98. The molecule has 3 rings (SSSR count). The summed E-state index contributed by atoms with van der Waals surface area (Å²) in [4.78, 5) is 0. The standard InChI is InChI=1S/C10H10.C7H13NO/c1-2-4-9-7(3-1)5-8-6-10(8)9;1-2-7(9)5-3-4-6-8/h1-4,8,10H,5-6H2;5-6,8-9H,2-4H2,1H3/b;7-5+,8-6?/t8-,10+;/m1./s1.